The summed E-state index contributed by atoms with van der Waals surface area (Å²) >= 11 is 0. The van der Waals surface area contributed by atoms with Crippen LogP contribution in [0.25, 0.3) is 16.6 Å². The van der Waals surface area contributed by atoms with E-state index in [1.807, 2.05) is 40.5 Å². The Bertz CT molecular complexity index is 1670. The van der Waals surface area contributed by atoms with Crippen molar-refractivity contribution in [2.45, 2.75) is 44.1 Å². The van der Waals surface area contributed by atoms with E-state index in [2.05, 4.69) is 9.97 Å². The molecule has 0 bridgehead atoms. The fourth-order valence-corrected chi connectivity index (χ4v) is 6.38. The third-order valence-electron chi connectivity index (χ3n) is 8.45. The summed E-state index contributed by atoms with van der Waals surface area (Å²) in [5.74, 6) is 0.702. The summed E-state index contributed by atoms with van der Waals surface area (Å²) in [7, 11) is 0. The van der Waals surface area contributed by atoms with E-state index >= 15 is 0 Å². The van der Waals surface area contributed by atoms with Crippen molar-refractivity contribution in [3.8, 4) is 0 Å². The number of hydrogen-bond acceptors (Lipinski definition) is 6. The van der Waals surface area contributed by atoms with Gasteiger partial charge in [-0.2, -0.15) is 0 Å². The molecule has 1 amide bonds. The van der Waals surface area contributed by atoms with Gasteiger partial charge in [0, 0.05) is 56.2 Å². The van der Waals surface area contributed by atoms with Gasteiger partial charge in [-0.25, -0.2) is 9.78 Å². The number of fused-ring (bicyclic) bond motifs is 5. The molecule has 0 aliphatic carbocycles. The summed E-state index contributed by atoms with van der Waals surface area (Å²) in [6.45, 7) is 4.24. The van der Waals surface area contributed by atoms with E-state index in [0.29, 0.717) is 61.3 Å². The number of H-pyrrole nitrogens is 1. The van der Waals surface area contributed by atoms with Crippen molar-refractivity contribution < 1.29 is 19.1 Å². The van der Waals surface area contributed by atoms with Crippen molar-refractivity contribution in [2.24, 2.45) is 0 Å². The lowest BCUT2D eigenvalue weighted by atomic mass is 9.83. The van der Waals surface area contributed by atoms with Crippen LogP contribution in [0.5, 0.6) is 0 Å². The van der Waals surface area contributed by atoms with E-state index < -0.39 is 5.60 Å². The van der Waals surface area contributed by atoms with Crippen LogP contribution in [0.15, 0.2) is 47.4 Å². The molecule has 7 rings (SSSR count). The molecule has 1 N–H and O–H groups in total. The molecule has 194 valence electrons. The summed E-state index contributed by atoms with van der Waals surface area (Å²) in [5.41, 5.74) is 3.98. The fraction of sp³-hybridized carbons (Fsp3) is 0.379. The Morgan fingerprint density at radius 2 is 1.84 bits per heavy atom. The van der Waals surface area contributed by atoms with Crippen molar-refractivity contribution >= 4 is 28.4 Å². The minimum atomic E-state index is -0.665. The molecule has 2 aromatic heterocycles. The summed E-state index contributed by atoms with van der Waals surface area (Å²) in [6, 6.07) is 11.3. The van der Waals surface area contributed by atoms with Gasteiger partial charge in [-0.1, -0.05) is 18.2 Å². The number of carbonyl (C=O) groups excluding carboxylic acids is 2. The zero-order chi connectivity index (χ0) is 26.0. The largest absolute Gasteiger partial charge is 0.450 e. The van der Waals surface area contributed by atoms with Crippen LogP contribution in [-0.4, -0.2) is 57.4 Å². The highest BCUT2D eigenvalue weighted by Gasteiger charge is 2.47. The van der Waals surface area contributed by atoms with Gasteiger partial charge in [-0.3, -0.25) is 14.0 Å². The zero-order valence-corrected chi connectivity index (χ0v) is 21.2. The SMILES string of the molecule is Cc1cc2c(cc1C(=O)N1CCC3(CC1)OC(=O)c1ccccc13)[nH]c(=O)c1cnc(C3CCOCC3)n12. The maximum Gasteiger partial charge on any atom is 0.339 e. The van der Waals surface area contributed by atoms with Crippen molar-refractivity contribution in [2.75, 3.05) is 26.3 Å². The number of carbonyl (C=O) groups is 2. The number of piperidine rings is 1. The van der Waals surface area contributed by atoms with E-state index in [4.69, 9.17) is 9.47 Å². The maximum absolute atomic E-state index is 13.7. The van der Waals surface area contributed by atoms with Gasteiger partial charge in [-0.15, -0.1) is 0 Å². The van der Waals surface area contributed by atoms with Gasteiger partial charge in [0.25, 0.3) is 11.5 Å². The molecular weight excluding hydrogens is 484 g/mol. The van der Waals surface area contributed by atoms with Gasteiger partial charge >= 0.3 is 5.97 Å². The highest BCUT2D eigenvalue weighted by Crippen LogP contribution is 2.44. The Balaban J connectivity index is 1.21. The number of ether oxygens (including phenoxy) is 2. The van der Waals surface area contributed by atoms with E-state index in [1.165, 1.54) is 0 Å². The molecule has 2 saturated heterocycles. The Morgan fingerprint density at radius 3 is 2.63 bits per heavy atom. The highest BCUT2D eigenvalue weighted by molar-refractivity contribution is 5.99. The Hall–Kier alpha value is -3.98. The molecule has 2 aromatic carbocycles. The van der Waals surface area contributed by atoms with Gasteiger partial charge in [0.15, 0.2) is 0 Å². The normalized spacial score (nSPS) is 19.3. The number of nitrogens with one attached hydrogen (secondary N) is 1. The highest BCUT2D eigenvalue weighted by atomic mass is 16.6. The first-order chi connectivity index (χ1) is 18.4. The van der Waals surface area contributed by atoms with Crippen LogP contribution in [0.4, 0.5) is 0 Å². The summed E-state index contributed by atoms with van der Waals surface area (Å²) < 4.78 is 13.3. The first-order valence-electron chi connectivity index (χ1n) is 13.2. The Labute approximate surface area is 218 Å². The Morgan fingerprint density at radius 1 is 1.08 bits per heavy atom. The van der Waals surface area contributed by atoms with Crippen molar-refractivity contribution in [1.82, 2.24) is 19.3 Å². The first kappa shape index (κ1) is 23.2. The van der Waals surface area contributed by atoms with Crippen LogP contribution in [0, 0.1) is 6.92 Å². The van der Waals surface area contributed by atoms with E-state index in [9.17, 15) is 14.4 Å². The molecule has 0 atom stereocenters. The quantitative estimate of drug-likeness (QED) is 0.411. The third-order valence-corrected chi connectivity index (χ3v) is 8.45. The number of aryl methyl sites for hydroxylation is 1. The van der Waals surface area contributed by atoms with E-state index in [1.54, 1.807) is 18.3 Å². The molecule has 0 saturated carbocycles. The number of benzene rings is 2. The van der Waals surface area contributed by atoms with Crippen LogP contribution in [0.1, 0.15) is 69.3 Å². The number of nitrogens with zero attached hydrogens (tertiary/aromatic N) is 3. The van der Waals surface area contributed by atoms with E-state index in [-0.39, 0.29) is 23.4 Å². The topological polar surface area (TPSA) is 106 Å². The van der Waals surface area contributed by atoms with Crippen LogP contribution in [0.3, 0.4) is 0 Å². The summed E-state index contributed by atoms with van der Waals surface area (Å²) in [6.07, 6.45) is 4.46. The molecule has 2 fully saturated rings. The fourth-order valence-electron chi connectivity index (χ4n) is 6.38. The molecule has 4 aromatic rings. The average molecular weight is 513 g/mol. The second-order valence-electron chi connectivity index (χ2n) is 10.6. The maximum atomic E-state index is 13.7. The third kappa shape index (κ3) is 3.41. The molecular formula is C29H28N4O5. The minimum Gasteiger partial charge on any atom is -0.450 e. The zero-order valence-electron chi connectivity index (χ0n) is 21.2. The second kappa shape index (κ2) is 8.52. The number of aromatic nitrogens is 3. The van der Waals surface area contributed by atoms with Gasteiger partial charge in [0.1, 0.15) is 16.9 Å². The van der Waals surface area contributed by atoms with Crippen molar-refractivity contribution in [3.05, 3.63) is 81.0 Å². The van der Waals surface area contributed by atoms with Gasteiger partial charge in [0.05, 0.1) is 22.8 Å². The molecule has 3 aliphatic rings. The Kier molecular flexibility index (Phi) is 5.20. The number of amides is 1. The van der Waals surface area contributed by atoms with Crippen LogP contribution in [-0.2, 0) is 15.1 Å². The predicted octanol–water partition coefficient (Wildman–Crippen LogP) is 3.68. The lowest BCUT2D eigenvalue weighted by Crippen LogP contribution is -2.45. The molecule has 5 heterocycles. The van der Waals surface area contributed by atoms with Crippen molar-refractivity contribution in [3.63, 3.8) is 0 Å². The molecule has 0 radical (unpaired) electrons. The lowest BCUT2D eigenvalue weighted by molar-refractivity contribution is -0.0389. The number of likely N-dealkylation sites (tertiary alicyclic amines) is 1. The van der Waals surface area contributed by atoms with Gasteiger partial charge in [-0.05, 0) is 43.5 Å². The molecule has 38 heavy (non-hydrogen) atoms. The van der Waals surface area contributed by atoms with Crippen LogP contribution >= 0.6 is 0 Å². The summed E-state index contributed by atoms with van der Waals surface area (Å²) in [5, 5.41) is 0. The molecule has 9 heteroatoms. The molecule has 1 spiro atoms. The van der Waals surface area contributed by atoms with Gasteiger partial charge in [0.2, 0.25) is 0 Å². The second-order valence-corrected chi connectivity index (χ2v) is 10.6. The molecule has 9 nitrogen and oxygen atoms in total. The number of esters is 1. The monoisotopic (exact) mass is 512 g/mol. The smallest absolute Gasteiger partial charge is 0.339 e. The van der Waals surface area contributed by atoms with Gasteiger partial charge < -0.3 is 19.4 Å². The molecule has 0 unspecified atom stereocenters. The number of aromatic amines is 1. The van der Waals surface area contributed by atoms with Crippen LogP contribution < -0.4 is 5.56 Å². The standard InChI is InChI=1S/C29H28N4O5/c1-17-14-23-22(31-26(34)24-16-30-25(33(23)24)18-6-12-37-13-7-18)15-20(17)27(35)32-10-8-29(9-11-32)21-5-3-2-4-19(21)28(36)38-29/h2-5,14-16,18H,6-13H2,1H3,(H,31,34). The predicted molar refractivity (Wildman–Crippen MR) is 140 cm³/mol. The number of imidazole rings is 1. The lowest BCUT2D eigenvalue weighted by Gasteiger charge is -2.38. The number of hydrogen-bond donors (Lipinski definition) is 1. The first-order valence-corrected chi connectivity index (χ1v) is 13.2. The van der Waals surface area contributed by atoms with Crippen molar-refractivity contribution in [1.29, 1.82) is 0 Å². The molecule has 3 aliphatic heterocycles. The van der Waals surface area contributed by atoms with Crippen LogP contribution in [0.2, 0.25) is 0 Å². The van der Waals surface area contributed by atoms with E-state index in [0.717, 1.165) is 35.3 Å². The average Bonchev–Trinajstić information content (AvgIpc) is 3.50. The minimum absolute atomic E-state index is 0.0897. The number of rotatable bonds is 2. The summed E-state index contributed by atoms with van der Waals surface area (Å²) in [4.78, 5) is 48.5.